The number of hydrogen-bond acceptors (Lipinski definition) is 6. The fraction of sp³-hybridized carbons (Fsp3) is 0.130. The van der Waals surface area contributed by atoms with Gasteiger partial charge < -0.3 is 14.4 Å². The lowest BCUT2D eigenvalue weighted by atomic mass is 9.96. The van der Waals surface area contributed by atoms with Gasteiger partial charge in [-0.3, -0.25) is 4.98 Å². The molecule has 0 aliphatic carbocycles. The van der Waals surface area contributed by atoms with E-state index in [1.807, 2.05) is 56.6 Å². The van der Waals surface area contributed by atoms with Crippen LogP contribution >= 0.6 is 0 Å². The van der Waals surface area contributed by atoms with Gasteiger partial charge in [-0.15, -0.1) is 5.10 Å². The molecule has 154 valence electrons. The number of benzene rings is 1. The maximum Gasteiger partial charge on any atom is 0.240 e. The standard InChI is InChI=1S/C23H20N6O2/c1-14-15(7-6-9-18(14)31-3)16-13-29-20(19(16)17-8-4-5-10-24-17)23(30)26-21(27-29)22-25-11-12-28(22)2/h4-13H,1-3H3,(H,26,27,30). The third kappa shape index (κ3) is 3.00. The number of rotatable bonds is 4. The minimum absolute atomic E-state index is 0.138. The molecule has 1 aromatic carbocycles. The fourth-order valence-electron chi connectivity index (χ4n) is 3.84. The maximum atomic E-state index is 11.0. The van der Waals surface area contributed by atoms with E-state index in [0.29, 0.717) is 22.9 Å². The van der Waals surface area contributed by atoms with Crippen LogP contribution < -0.4 is 4.74 Å². The first-order valence-corrected chi connectivity index (χ1v) is 9.74. The van der Waals surface area contributed by atoms with Gasteiger partial charge in [0.1, 0.15) is 11.3 Å². The SMILES string of the molecule is COc1cccc(-c2cn3nc(-c4nccn4C)nc(O)c3c2-c2ccccn2)c1C. The summed E-state index contributed by atoms with van der Waals surface area (Å²) in [6.07, 6.45) is 7.08. The van der Waals surface area contributed by atoms with Crippen molar-refractivity contribution in [1.29, 1.82) is 0 Å². The summed E-state index contributed by atoms with van der Waals surface area (Å²) in [5.41, 5.74) is 4.76. The van der Waals surface area contributed by atoms with E-state index in [9.17, 15) is 5.11 Å². The number of methoxy groups -OCH3 is 1. The van der Waals surface area contributed by atoms with E-state index in [-0.39, 0.29) is 5.88 Å². The van der Waals surface area contributed by atoms with Crippen molar-refractivity contribution in [2.75, 3.05) is 7.11 Å². The first-order chi connectivity index (χ1) is 15.1. The van der Waals surface area contributed by atoms with E-state index in [0.717, 1.165) is 28.0 Å². The van der Waals surface area contributed by atoms with Gasteiger partial charge in [0.2, 0.25) is 11.7 Å². The maximum absolute atomic E-state index is 11.0. The summed E-state index contributed by atoms with van der Waals surface area (Å²) in [5, 5.41) is 15.6. The van der Waals surface area contributed by atoms with Crippen molar-refractivity contribution in [3.63, 3.8) is 0 Å². The van der Waals surface area contributed by atoms with Crippen molar-refractivity contribution in [3.05, 3.63) is 66.7 Å². The third-order valence-electron chi connectivity index (χ3n) is 5.35. The lowest BCUT2D eigenvalue weighted by molar-refractivity contribution is 0.412. The molecule has 31 heavy (non-hydrogen) atoms. The lowest BCUT2D eigenvalue weighted by Gasteiger charge is -2.11. The van der Waals surface area contributed by atoms with E-state index >= 15 is 0 Å². The van der Waals surface area contributed by atoms with Crippen LogP contribution in [0.3, 0.4) is 0 Å². The van der Waals surface area contributed by atoms with Crippen LogP contribution in [0.15, 0.2) is 61.2 Å². The molecule has 8 heteroatoms. The molecule has 0 fully saturated rings. The van der Waals surface area contributed by atoms with Gasteiger partial charge in [-0.2, -0.15) is 4.98 Å². The predicted octanol–water partition coefficient (Wildman–Crippen LogP) is 3.88. The Bertz CT molecular complexity index is 1400. The number of imidazole rings is 1. The largest absolute Gasteiger partial charge is 0.496 e. The van der Waals surface area contributed by atoms with E-state index in [1.54, 1.807) is 34.8 Å². The van der Waals surface area contributed by atoms with E-state index < -0.39 is 0 Å². The van der Waals surface area contributed by atoms with Crippen molar-refractivity contribution in [1.82, 2.24) is 29.1 Å². The number of ether oxygens (including phenoxy) is 1. The summed E-state index contributed by atoms with van der Waals surface area (Å²) in [4.78, 5) is 13.2. The Morgan fingerprint density at radius 3 is 2.58 bits per heavy atom. The average molecular weight is 412 g/mol. The molecular weight excluding hydrogens is 392 g/mol. The van der Waals surface area contributed by atoms with Crippen molar-refractivity contribution in [2.45, 2.75) is 6.92 Å². The number of aromatic nitrogens is 6. The van der Waals surface area contributed by atoms with Gasteiger partial charge in [-0.25, -0.2) is 9.50 Å². The Kier molecular flexibility index (Phi) is 4.39. The Morgan fingerprint density at radius 1 is 1.00 bits per heavy atom. The van der Waals surface area contributed by atoms with Crippen LogP contribution in [0.25, 0.3) is 39.5 Å². The topological polar surface area (TPSA) is 90.4 Å². The molecule has 4 heterocycles. The minimum atomic E-state index is -0.138. The smallest absolute Gasteiger partial charge is 0.240 e. The molecule has 4 aromatic heterocycles. The summed E-state index contributed by atoms with van der Waals surface area (Å²) in [7, 11) is 3.51. The van der Waals surface area contributed by atoms with Crippen LogP contribution in [0.2, 0.25) is 0 Å². The highest BCUT2D eigenvalue weighted by atomic mass is 16.5. The number of nitrogens with zero attached hydrogens (tertiary/aromatic N) is 6. The molecule has 0 amide bonds. The highest BCUT2D eigenvalue weighted by Crippen LogP contribution is 2.41. The Hall–Kier alpha value is -4.20. The van der Waals surface area contributed by atoms with Gasteiger partial charge in [0.25, 0.3) is 0 Å². The first kappa shape index (κ1) is 18.8. The normalized spacial score (nSPS) is 11.2. The van der Waals surface area contributed by atoms with Gasteiger partial charge in [0, 0.05) is 43.0 Å². The molecule has 0 atom stereocenters. The first-order valence-electron chi connectivity index (χ1n) is 9.74. The number of fused-ring (bicyclic) bond motifs is 1. The molecule has 0 radical (unpaired) electrons. The van der Waals surface area contributed by atoms with E-state index in [1.165, 1.54) is 0 Å². The van der Waals surface area contributed by atoms with Crippen molar-refractivity contribution in [3.8, 4) is 45.7 Å². The van der Waals surface area contributed by atoms with Crippen molar-refractivity contribution >= 4 is 5.52 Å². The third-order valence-corrected chi connectivity index (χ3v) is 5.35. The van der Waals surface area contributed by atoms with E-state index in [2.05, 4.69) is 20.1 Å². The average Bonchev–Trinajstić information content (AvgIpc) is 3.38. The van der Waals surface area contributed by atoms with Crippen LogP contribution in [-0.4, -0.2) is 41.3 Å². The zero-order valence-corrected chi connectivity index (χ0v) is 17.3. The van der Waals surface area contributed by atoms with Crippen LogP contribution in [0.5, 0.6) is 11.6 Å². The van der Waals surface area contributed by atoms with Crippen LogP contribution in [0.4, 0.5) is 0 Å². The minimum Gasteiger partial charge on any atom is -0.496 e. The second-order valence-electron chi connectivity index (χ2n) is 7.18. The number of aryl methyl sites for hydroxylation is 1. The predicted molar refractivity (Wildman–Crippen MR) is 117 cm³/mol. The molecule has 0 saturated carbocycles. The molecule has 0 aliphatic rings. The number of hydrogen-bond donors (Lipinski definition) is 1. The second-order valence-corrected chi connectivity index (χ2v) is 7.18. The monoisotopic (exact) mass is 412 g/mol. The summed E-state index contributed by atoms with van der Waals surface area (Å²) < 4.78 is 8.97. The highest BCUT2D eigenvalue weighted by Gasteiger charge is 2.23. The zero-order valence-electron chi connectivity index (χ0n) is 17.3. The van der Waals surface area contributed by atoms with Gasteiger partial charge in [0.05, 0.1) is 12.8 Å². The quantitative estimate of drug-likeness (QED) is 0.482. The second kappa shape index (κ2) is 7.24. The molecule has 0 spiro atoms. The van der Waals surface area contributed by atoms with Crippen LogP contribution in [0, 0.1) is 6.92 Å². The van der Waals surface area contributed by atoms with Crippen LogP contribution in [-0.2, 0) is 7.05 Å². The van der Waals surface area contributed by atoms with Crippen molar-refractivity contribution < 1.29 is 9.84 Å². The molecule has 0 bridgehead atoms. The number of pyridine rings is 1. The van der Waals surface area contributed by atoms with E-state index in [4.69, 9.17) is 4.74 Å². The fourth-order valence-corrected chi connectivity index (χ4v) is 3.84. The van der Waals surface area contributed by atoms with Crippen molar-refractivity contribution in [2.24, 2.45) is 7.05 Å². The zero-order chi connectivity index (χ0) is 21.5. The summed E-state index contributed by atoms with van der Waals surface area (Å²) in [6.45, 7) is 2.00. The Labute approximate surface area is 178 Å². The van der Waals surface area contributed by atoms with Gasteiger partial charge >= 0.3 is 0 Å². The summed E-state index contributed by atoms with van der Waals surface area (Å²) >= 11 is 0. The van der Waals surface area contributed by atoms with Gasteiger partial charge in [0.15, 0.2) is 5.82 Å². The molecule has 8 nitrogen and oxygen atoms in total. The molecular formula is C23H20N6O2. The molecule has 1 N–H and O–H groups in total. The number of aromatic hydroxyl groups is 1. The Morgan fingerprint density at radius 2 is 1.87 bits per heavy atom. The molecule has 5 aromatic rings. The van der Waals surface area contributed by atoms with Crippen LogP contribution in [0.1, 0.15) is 5.56 Å². The highest BCUT2D eigenvalue weighted by molar-refractivity contribution is 5.96. The summed E-state index contributed by atoms with van der Waals surface area (Å²) in [5.74, 6) is 1.53. The molecule has 0 saturated heterocycles. The molecule has 0 unspecified atom stereocenters. The molecule has 5 rings (SSSR count). The summed E-state index contributed by atoms with van der Waals surface area (Å²) in [6, 6.07) is 11.5. The molecule has 0 aliphatic heterocycles. The van der Waals surface area contributed by atoms with Gasteiger partial charge in [-0.05, 0) is 36.2 Å². The lowest BCUT2D eigenvalue weighted by Crippen LogP contribution is -2.02. The van der Waals surface area contributed by atoms with Gasteiger partial charge in [-0.1, -0.05) is 18.2 Å². The Balaban J connectivity index is 1.85.